The first-order chi connectivity index (χ1) is 11.9. The van der Waals surface area contributed by atoms with Gasteiger partial charge in [0.1, 0.15) is 11.5 Å². The standard InChI is InChI=1S/C18H20Cl2N2O3/c1-22(10-12-4-5-13(19)8-15(12)20)11-18(23)21-16-9-14(24-2)6-7-17(16)25-3/h4-9H,10-11H2,1-3H3,(H,21,23). The van der Waals surface area contributed by atoms with Crippen LogP contribution in [0.3, 0.4) is 0 Å². The van der Waals surface area contributed by atoms with Crippen molar-refractivity contribution >= 4 is 34.8 Å². The van der Waals surface area contributed by atoms with Crippen molar-refractivity contribution in [1.82, 2.24) is 4.90 Å². The zero-order valence-electron chi connectivity index (χ0n) is 14.3. The molecule has 0 saturated carbocycles. The van der Waals surface area contributed by atoms with Crippen molar-refractivity contribution in [3.05, 3.63) is 52.0 Å². The van der Waals surface area contributed by atoms with E-state index in [0.717, 1.165) is 5.56 Å². The maximum atomic E-state index is 12.3. The van der Waals surface area contributed by atoms with Gasteiger partial charge in [-0.3, -0.25) is 9.69 Å². The van der Waals surface area contributed by atoms with Crippen molar-refractivity contribution in [2.45, 2.75) is 6.54 Å². The number of halogens is 2. The number of hydrogen-bond donors (Lipinski definition) is 1. The predicted octanol–water partition coefficient (Wildman–Crippen LogP) is 4.08. The lowest BCUT2D eigenvalue weighted by atomic mass is 10.2. The highest BCUT2D eigenvalue weighted by Crippen LogP contribution is 2.29. The van der Waals surface area contributed by atoms with E-state index >= 15 is 0 Å². The average Bonchev–Trinajstić information content (AvgIpc) is 2.57. The van der Waals surface area contributed by atoms with Crippen LogP contribution in [0.4, 0.5) is 5.69 Å². The molecule has 2 aromatic carbocycles. The topological polar surface area (TPSA) is 50.8 Å². The molecule has 25 heavy (non-hydrogen) atoms. The van der Waals surface area contributed by atoms with E-state index in [9.17, 15) is 4.79 Å². The number of carbonyl (C=O) groups excluding carboxylic acids is 1. The van der Waals surface area contributed by atoms with Gasteiger partial charge in [-0.25, -0.2) is 0 Å². The highest BCUT2D eigenvalue weighted by Gasteiger charge is 2.12. The average molecular weight is 383 g/mol. The molecule has 0 atom stereocenters. The lowest BCUT2D eigenvalue weighted by Gasteiger charge is -2.18. The molecule has 0 unspecified atom stereocenters. The Morgan fingerprint density at radius 2 is 1.88 bits per heavy atom. The second kappa shape index (κ2) is 8.94. The van der Waals surface area contributed by atoms with E-state index in [1.807, 2.05) is 18.0 Å². The van der Waals surface area contributed by atoms with Crippen LogP contribution < -0.4 is 14.8 Å². The summed E-state index contributed by atoms with van der Waals surface area (Å²) in [7, 11) is 4.95. The number of likely N-dealkylation sites (N-methyl/N-ethyl adjacent to an activating group) is 1. The van der Waals surface area contributed by atoms with Crippen molar-refractivity contribution < 1.29 is 14.3 Å². The molecule has 7 heteroatoms. The summed E-state index contributed by atoms with van der Waals surface area (Å²) in [6.07, 6.45) is 0. The van der Waals surface area contributed by atoms with Crippen molar-refractivity contribution in [2.24, 2.45) is 0 Å². The molecule has 1 amide bonds. The maximum Gasteiger partial charge on any atom is 0.238 e. The van der Waals surface area contributed by atoms with Crippen LogP contribution in [0.2, 0.25) is 10.0 Å². The summed E-state index contributed by atoms with van der Waals surface area (Å²) in [4.78, 5) is 14.2. The Kier molecular flexibility index (Phi) is 6.93. The second-order valence-corrected chi connectivity index (χ2v) is 6.37. The van der Waals surface area contributed by atoms with Gasteiger partial charge in [-0.2, -0.15) is 0 Å². The van der Waals surface area contributed by atoms with Gasteiger partial charge in [-0.15, -0.1) is 0 Å². The molecule has 0 aliphatic heterocycles. The molecule has 134 valence electrons. The molecule has 0 saturated heterocycles. The van der Waals surface area contributed by atoms with Crippen LogP contribution in [0.1, 0.15) is 5.56 Å². The molecule has 0 fully saturated rings. The summed E-state index contributed by atoms with van der Waals surface area (Å²) < 4.78 is 10.4. The zero-order valence-corrected chi connectivity index (χ0v) is 15.8. The van der Waals surface area contributed by atoms with Gasteiger partial charge < -0.3 is 14.8 Å². The van der Waals surface area contributed by atoms with Crippen LogP contribution in [0.25, 0.3) is 0 Å². The number of nitrogens with one attached hydrogen (secondary N) is 1. The second-order valence-electron chi connectivity index (χ2n) is 5.52. The largest absolute Gasteiger partial charge is 0.497 e. The molecule has 1 N–H and O–H groups in total. The molecular weight excluding hydrogens is 363 g/mol. The van der Waals surface area contributed by atoms with Crippen LogP contribution in [0, 0.1) is 0 Å². The van der Waals surface area contributed by atoms with E-state index in [1.165, 1.54) is 0 Å². The van der Waals surface area contributed by atoms with Gasteiger partial charge in [0.05, 0.1) is 26.5 Å². The summed E-state index contributed by atoms with van der Waals surface area (Å²) in [5.74, 6) is 1.04. The van der Waals surface area contributed by atoms with E-state index < -0.39 is 0 Å². The predicted molar refractivity (Wildman–Crippen MR) is 101 cm³/mol. The Hall–Kier alpha value is -1.95. The van der Waals surface area contributed by atoms with Crippen LogP contribution in [0.5, 0.6) is 11.5 Å². The highest BCUT2D eigenvalue weighted by atomic mass is 35.5. The minimum atomic E-state index is -0.167. The van der Waals surface area contributed by atoms with Crippen molar-refractivity contribution in [3.8, 4) is 11.5 Å². The molecule has 0 spiro atoms. The molecule has 0 aromatic heterocycles. The Morgan fingerprint density at radius 1 is 1.12 bits per heavy atom. The molecule has 2 aromatic rings. The monoisotopic (exact) mass is 382 g/mol. The van der Waals surface area contributed by atoms with Crippen LogP contribution in [-0.4, -0.2) is 38.6 Å². The molecule has 0 aliphatic rings. The third-order valence-electron chi connectivity index (χ3n) is 3.55. The number of nitrogens with zero attached hydrogens (tertiary/aromatic N) is 1. The zero-order chi connectivity index (χ0) is 18.4. The first-order valence-corrected chi connectivity index (χ1v) is 8.33. The van der Waals surface area contributed by atoms with Crippen molar-refractivity contribution in [1.29, 1.82) is 0 Å². The Balaban J connectivity index is 1.99. The fraction of sp³-hybridized carbons (Fsp3) is 0.278. The Labute approximate surface area is 157 Å². The van der Waals surface area contributed by atoms with Gasteiger partial charge >= 0.3 is 0 Å². The fourth-order valence-electron chi connectivity index (χ4n) is 2.34. The maximum absolute atomic E-state index is 12.3. The molecule has 0 bridgehead atoms. The lowest BCUT2D eigenvalue weighted by molar-refractivity contribution is -0.117. The summed E-state index contributed by atoms with van der Waals surface area (Å²) in [5.41, 5.74) is 1.46. The summed E-state index contributed by atoms with van der Waals surface area (Å²) >= 11 is 12.1. The van der Waals surface area contributed by atoms with Crippen molar-refractivity contribution in [3.63, 3.8) is 0 Å². The fourth-order valence-corrected chi connectivity index (χ4v) is 2.81. The van der Waals surface area contributed by atoms with Crippen LogP contribution >= 0.6 is 23.2 Å². The molecule has 0 radical (unpaired) electrons. The highest BCUT2D eigenvalue weighted by molar-refractivity contribution is 6.35. The number of carbonyl (C=O) groups is 1. The van der Waals surface area contributed by atoms with Crippen LogP contribution in [0.15, 0.2) is 36.4 Å². The first kappa shape index (κ1) is 19.4. The number of methoxy groups -OCH3 is 2. The van der Waals surface area contributed by atoms with Gasteiger partial charge in [0.15, 0.2) is 0 Å². The van der Waals surface area contributed by atoms with E-state index in [0.29, 0.717) is 33.8 Å². The normalized spacial score (nSPS) is 10.6. The number of rotatable bonds is 7. The first-order valence-electron chi connectivity index (χ1n) is 7.57. The van der Waals surface area contributed by atoms with Gasteiger partial charge in [0.25, 0.3) is 0 Å². The summed E-state index contributed by atoms with van der Waals surface area (Å²) in [5, 5.41) is 4.00. The number of benzene rings is 2. The van der Waals surface area contributed by atoms with Gasteiger partial charge in [-0.05, 0) is 36.9 Å². The number of amides is 1. The summed E-state index contributed by atoms with van der Waals surface area (Å²) in [6, 6.07) is 10.5. The van der Waals surface area contributed by atoms with Gasteiger partial charge in [0, 0.05) is 22.7 Å². The molecule has 5 nitrogen and oxygen atoms in total. The van der Waals surface area contributed by atoms with Gasteiger partial charge in [0.2, 0.25) is 5.91 Å². The Morgan fingerprint density at radius 3 is 2.52 bits per heavy atom. The summed E-state index contributed by atoms with van der Waals surface area (Å²) in [6.45, 7) is 0.720. The third-order valence-corrected chi connectivity index (χ3v) is 4.14. The molecule has 2 rings (SSSR count). The smallest absolute Gasteiger partial charge is 0.238 e. The van der Waals surface area contributed by atoms with E-state index in [1.54, 1.807) is 44.6 Å². The number of anilines is 1. The quantitative estimate of drug-likeness (QED) is 0.783. The SMILES string of the molecule is COc1ccc(OC)c(NC(=O)CN(C)Cc2ccc(Cl)cc2Cl)c1. The van der Waals surface area contributed by atoms with Crippen molar-refractivity contribution in [2.75, 3.05) is 33.1 Å². The number of ether oxygens (including phenoxy) is 2. The molecule has 0 heterocycles. The third kappa shape index (κ3) is 5.53. The Bertz CT molecular complexity index is 753. The minimum absolute atomic E-state index is 0.167. The van der Waals surface area contributed by atoms with Crippen LogP contribution in [-0.2, 0) is 11.3 Å². The van der Waals surface area contributed by atoms with E-state index in [-0.39, 0.29) is 12.5 Å². The van der Waals surface area contributed by atoms with Gasteiger partial charge in [-0.1, -0.05) is 29.3 Å². The molecular formula is C18H20Cl2N2O3. The lowest BCUT2D eigenvalue weighted by Crippen LogP contribution is -2.30. The minimum Gasteiger partial charge on any atom is -0.497 e. The number of hydrogen-bond acceptors (Lipinski definition) is 4. The molecule has 0 aliphatic carbocycles. The van der Waals surface area contributed by atoms with E-state index in [4.69, 9.17) is 32.7 Å². The van der Waals surface area contributed by atoms with E-state index in [2.05, 4.69) is 5.32 Å².